The van der Waals surface area contributed by atoms with Crippen LogP contribution in [0.2, 0.25) is 0 Å². The molecule has 1 amide bonds. The molecule has 0 saturated carbocycles. The number of ether oxygens (including phenoxy) is 2. The number of aromatic nitrogens is 4. The number of methoxy groups -OCH3 is 2. The lowest BCUT2D eigenvalue weighted by molar-refractivity contribution is -0.118. The van der Waals surface area contributed by atoms with Crippen LogP contribution in [0.1, 0.15) is 18.9 Å². The van der Waals surface area contributed by atoms with E-state index in [1.54, 1.807) is 30.9 Å². The van der Waals surface area contributed by atoms with Crippen LogP contribution in [0.25, 0.3) is 16.7 Å². The molecule has 172 valence electrons. The molecule has 2 aromatic heterocycles. The van der Waals surface area contributed by atoms with Gasteiger partial charge in [0.05, 0.1) is 30.9 Å². The number of nitrogens with zero attached hydrogens (tertiary/aromatic N) is 4. The fourth-order valence-electron chi connectivity index (χ4n) is 3.62. The highest BCUT2D eigenvalue weighted by Crippen LogP contribution is 2.27. The van der Waals surface area contributed by atoms with Gasteiger partial charge in [0.2, 0.25) is 11.7 Å². The molecular weight excluding hydrogens is 442 g/mol. The van der Waals surface area contributed by atoms with E-state index in [2.05, 4.69) is 15.5 Å². The Labute approximate surface area is 194 Å². The van der Waals surface area contributed by atoms with E-state index in [1.165, 1.54) is 11.8 Å². The largest absolute Gasteiger partial charge is 0.493 e. The molecule has 0 unspecified atom stereocenters. The third-order valence-corrected chi connectivity index (χ3v) is 6.12. The predicted molar refractivity (Wildman–Crippen MR) is 127 cm³/mol. The third kappa shape index (κ3) is 4.51. The standard InChI is InChI=1S/C23H25N5O4S/c1-4-11-27-21(30)16-7-5-6-8-17(16)28-22(27)25-26-23(28)33-14-20(29)24-13-15-9-10-18(31-2)19(12-15)32-3/h5-10,12H,4,11,13-14H2,1-3H3,(H,24,29). The Balaban J connectivity index is 1.52. The van der Waals surface area contributed by atoms with Crippen molar-refractivity contribution in [1.82, 2.24) is 24.5 Å². The maximum atomic E-state index is 12.9. The van der Waals surface area contributed by atoms with E-state index in [9.17, 15) is 9.59 Å². The average molecular weight is 468 g/mol. The van der Waals surface area contributed by atoms with E-state index in [-0.39, 0.29) is 17.2 Å². The zero-order valence-corrected chi connectivity index (χ0v) is 19.5. The number of hydrogen-bond donors (Lipinski definition) is 1. The minimum absolute atomic E-state index is 0.0865. The second-order valence-electron chi connectivity index (χ2n) is 7.35. The average Bonchev–Trinajstić information content (AvgIpc) is 3.27. The molecule has 0 aliphatic carbocycles. The molecule has 0 fully saturated rings. The number of nitrogens with one attached hydrogen (secondary N) is 1. The van der Waals surface area contributed by atoms with Crippen molar-refractivity contribution in [2.45, 2.75) is 31.6 Å². The Hall–Kier alpha value is -3.53. The van der Waals surface area contributed by atoms with Crippen LogP contribution in [0, 0.1) is 0 Å². The molecule has 10 heteroatoms. The fraction of sp³-hybridized carbons (Fsp3) is 0.304. The minimum atomic E-state index is -0.141. The molecule has 4 aromatic rings. The zero-order chi connectivity index (χ0) is 23.4. The van der Waals surface area contributed by atoms with Crippen LogP contribution in [-0.2, 0) is 17.9 Å². The molecule has 0 radical (unpaired) electrons. The first-order chi connectivity index (χ1) is 16.1. The van der Waals surface area contributed by atoms with Gasteiger partial charge in [-0.05, 0) is 36.2 Å². The maximum absolute atomic E-state index is 12.9. The smallest absolute Gasteiger partial charge is 0.262 e. The van der Waals surface area contributed by atoms with Gasteiger partial charge in [-0.3, -0.25) is 18.6 Å². The SMILES string of the molecule is CCCn1c(=O)c2ccccc2n2c(SCC(=O)NCc3ccc(OC)c(OC)c3)nnc12. The molecule has 33 heavy (non-hydrogen) atoms. The molecule has 4 rings (SSSR count). The monoisotopic (exact) mass is 467 g/mol. The van der Waals surface area contributed by atoms with Crippen molar-refractivity contribution in [1.29, 1.82) is 0 Å². The lowest BCUT2D eigenvalue weighted by Gasteiger charge is -2.11. The van der Waals surface area contributed by atoms with Crippen molar-refractivity contribution in [3.05, 3.63) is 58.4 Å². The Kier molecular flexibility index (Phi) is 6.83. The molecule has 0 aliphatic heterocycles. The number of rotatable bonds is 9. The molecule has 2 heterocycles. The summed E-state index contributed by atoms with van der Waals surface area (Å²) >= 11 is 1.28. The highest BCUT2D eigenvalue weighted by Gasteiger charge is 2.17. The molecule has 0 bridgehead atoms. The summed E-state index contributed by atoms with van der Waals surface area (Å²) in [4.78, 5) is 25.4. The van der Waals surface area contributed by atoms with Crippen LogP contribution in [0.15, 0.2) is 52.4 Å². The van der Waals surface area contributed by atoms with Crippen molar-refractivity contribution in [3.8, 4) is 11.5 Å². The number of para-hydroxylation sites is 1. The van der Waals surface area contributed by atoms with E-state index >= 15 is 0 Å². The zero-order valence-electron chi connectivity index (χ0n) is 18.7. The van der Waals surface area contributed by atoms with Crippen molar-refractivity contribution < 1.29 is 14.3 Å². The van der Waals surface area contributed by atoms with Gasteiger partial charge in [0, 0.05) is 13.1 Å². The molecule has 0 aliphatic rings. The van der Waals surface area contributed by atoms with Gasteiger partial charge in [-0.2, -0.15) is 0 Å². The van der Waals surface area contributed by atoms with Gasteiger partial charge in [0.25, 0.3) is 5.56 Å². The summed E-state index contributed by atoms with van der Waals surface area (Å²) < 4.78 is 14.0. The number of thioether (sulfide) groups is 1. The van der Waals surface area contributed by atoms with Crippen LogP contribution < -0.4 is 20.3 Å². The number of aryl methyl sites for hydroxylation is 1. The first-order valence-electron chi connectivity index (χ1n) is 10.5. The Morgan fingerprint density at radius 2 is 1.88 bits per heavy atom. The van der Waals surface area contributed by atoms with Gasteiger partial charge in [-0.25, -0.2) is 0 Å². The summed E-state index contributed by atoms with van der Waals surface area (Å²) in [5, 5.41) is 12.6. The lowest BCUT2D eigenvalue weighted by atomic mass is 10.2. The number of hydrogen-bond acceptors (Lipinski definition) is 7. The van der Waals surface area contributed by atoms with Crippen LogP contribution in [0.4, 0.5) is 0 Å². The molecule has 0 atom stereocenters. The van der Waals surface area contributed by atoms with Crippen LogP contribution in [-0.4, -0.2) is 45.0 Å². The topological polar surface area (TPSA) is 99.8 Å². The first kappa shape index (κ1) is 22.7. The third-order valence-electron chi connectivity index (χ3n) is 5.20. The summed E-state index contributed by atoms with van der Waals surface area (Å²) in [6.07, 6.45) is 0.793. The van der Waals surface area contributed by atoms with E-state index in [1.807, 2.05) is 41.7 Å². The summed E-state index contributed by atoms with van der Waals surface area (Å²) in [5.74, 6) is 1.75. The minimum Gasteiger partial charge on any atom is -0.493 e. The van der Waals surface area contributed by atoms with Gasteiger partial charge in [-0.15, -0.1) is 10.2 Å². The van der Waals surface area contributed by atoms with Crippen molar-refractivity contribution in [3.63, 3.8) is 0 Å². The van der Waals surface area contributed by atoms with Crippen LogP contribution in [0.3, 0.4) is 0 Å². The highest BCUT2D eigenvalue weighted by molar-refractivity contribution is 7.99. The summed E-state index contributed by atoms with van der Waals surface area (Å²) in [6.45, 7) is 2.91. The van der Waals surface area contributed by atoms with Gasteiger partial charge in [0.15, 0.2) is 16.7 Å². The second kappa shape index (κ2) is 9.95. The molecule has 2 aromatic carbocycles. The van der Waals surface area contributed by atoms with E-state index in [4.69, 9.17) is 9.47 Å². The summed E-state index contributed by atoms with van der Waals surface area (Å²) in [6, 6.07) is 12.9. The first-order valence-corrected chi connectivity index (χ1v) is 11.5. The highest BCUT2D eigenvalue weighted by atomic mass is 32.2. The van der Waals surface area contributed by atoms with Gasteiger partial charge in [-0.1, -0.05) is 36.9 Å². The quantitative estimate of drug-likeness (QED) is 0.378. The normalized spacial score (nSPS) is 11.1. The Morgan fingerprint density at radius 1 is 1.09 bits per heavy atom. The molecule has 0 saturated heterocycles. The van der Waals surface area contributed by atoms with Gasteiger partial charge in [0.1, 0.15) is 0 Å². The molecular formula is C23H25N5O4S. The van der Waals surface area contributed by atoms with E-state index in [0.717, 1.165) is 17.5 Å². The van der Waals surface area contributed by atoms with Gasteiger partial charge >= 0.3 is 0 Å². The van der Waals surface area contributed by atoms with E-state index < -0.39 is 0 Å². The summed E-state index contributed by atoms with van der Waals surface area (Å²) in [7, 11) is 3.15. The molecule has 9 nitrogen and oxygen atoms in total. The maximum Gasteiger partial charge on any atom is 0.262 e. The van der Waals surface area contributed by atoms with Crippen LogP contribution >= 0.6 is 11.8 Å². The Bertz CT molecular complexity index is 1360. The lowest BCUT2D eigenvalue weighted by Crippen LogP contribution is -2.25. The second-order valence-corrected chi connectivity index (χ2v) is 8.29. The van der Waals surface area contributed by atoms with Crippen LogP contribution in [0.5, 0.6) is 11.5 Å². The molecule has 0 spiro atoms. The number of carbonyl (C=O) groups is 1. The number of benzene rings is 2. The Morgan fingerprint density at radius 3 is 2.64 bits per heavy atom. The predicted octanol–water partition coefficient (Wildman–Crippen LogP) is 2.88. The molecule has 1 N–H and O–H groups in total. The van der Waals surface area contributed by atoms with E-state index in [0.29, 0.717) is 40.9 Å². The number of fused-ring (bicyclic) bond motifs is 3. The van der Waals surface area contributed by atoms with Crippen molar-refractivity contribution in [2.75, 3.05) is 20.0 Å². The van der Waals surface area contributed by atoms with Crippen molar-refractivity contribution >= 4 is 34.3 Å². The fourth-order valence-corrected chi connectivity index (χ4v) is 4.39. The number of amides is 1. The summed E-state index contributed by atoms with van der Waals surface area (Å²) in [5.41, 5.74) is 1.54. The van der Waals surface area contributed by atoms with Gasteiger partial charge < -0.3 is 14.8 Å². The van der Waals surface area contributed by atoms with Crippen molar-refractivity contribution in [2.24, 2.45) is 0 Å². The number of carbonyl (C=O) groups excluding carboxylic acids is 1.